The van der Waals surface area contributed by atoms with Crippen LogP contribution in [0.1, 0.15) is 52.4 Å². The van der Waals surface area contributed by atoms with Crippen LogP contribution in [0.5, 0.6) is 0 Å². The number of cyclic esters (lactones) is 2. The average Bonchev–Trinajstić information content (AvgIpc) is 2.59. The molecule has 0 amide bonds. The topological polar surface area (TPSA) is 80.7 Å². The summed E-state index contributed by atoms with van der Waals surface area (Å²) in [6, 6.07) is 0. The largest absolute Gasteiger partial charge is 0.481 e. The van der Waals surface area contributed by atoms with Crippen LogP contribution in [0, 0.1) is 5.92 Å². The molecule has 1 heterocycles. The normalized spacial score (nSPS) is 16.7. The van der Waals surface area contributed by atoms with E-state index in [1.165, 1.54) is 0 Å². The van der Waals surface area contributed by atoms with Crippen molar-refractivity contribution in [2.24, 2.45) is 5.92 Å². The molecular formula is C14H20O5. The summed E-state index contributed by atoms with van der Waals surface area (Å²) < 4.78 is 4.50. The molecule has 1 unspecified atom stereocenters. The van der Waals surface area contributed by atoms with Crippen molar-refractivity contribution in [3.63, 3.8) is 0 Å². The molecule has 0 bridgehead atoms. The second-order valence-electron chi connectivity index (χ2n) is 4.81. The van der Waals surface area contributed by atoms with Crippen LogP contribution in [0.3, 0.4) is 0 Å². The van der Waals surface area contributed by atoms with Crippen LogP contribution in [-0.4, -0.2) is 23.0 Å². The first kappa shape index (κ1) is 15.4. The minimum atomic E-state index is -1.13. The maximum atomic E-state index is 11.5. The molecule has 1 rings (SSSR count). The van der Waals surface area contributed by atoms with E-state index < -0.39 is 24.3 Å². The molecule has 0 radical (unpaired) electrons. The summed E-state index contributed by atoms with van der Waals surface area (Å²) in [6.45, 7) is 4.19. The SMILES string of the molecule is CCCC(CC)CCC1=C(CC(=O)O)C(=O)OC1=O. The third-order valence-corrected chi connectivity index (χ3v) is 3.45. The predicted octanol–water partition coefficient (Wildman–Crippen LogP) is 2.45. The van der Waals surface area contributed by atoms with Gasteiger partial charge in [0.1, 0.15) is 0 Å². The number of ether oxygens (including phenoxy) is 1. The summed E-state index contributed by atoms with van der Waals surface area (Å²) >= 11 is 0. The number of carboxylic acids is 1. The zero-order valence-electron chi connectivity index (χ0n) is 11.4. The molecule has 0 aliphatic carbocycles. The zero-order chi connectivity index (χ0) is 14.4. The second kappa shape index (κ2) is 7.07. The van der Waals surface area contributed by atoms with E-state index in [1.807, 2.05) is 0 Å². The first-order valence-electron chi connectivity index (χ1n) is 6.69. The van der Waals surface area contributed by atoms with Gasteiger partial charge in [0.05, 0.1) is 12.0 Å². The monoisotopic (exact) mass is 268 g/mol. The highest BCUT2D eigenvalue weighted by atomic mass is 16.6. The van der Waals surface area contributed by atoms with Gasteiger partial charge < -0.3 is 9.84 Å². The van der Waals surface area contributed by atoms with Crippen LogP contribution >= 0.6 is 0 Å². The fourth-order valence-corrected chi connectivity index (χ4v) is 2.35. The Morgan fingerprint density at radius 1 is 1.16 bits per heavy atom. The number of carbonyl (C=O) groups excluding carboxylic acids is 2. The summed E-state index contributed by atoms with van der Waals surface area (Å²) in [5.74, 6) is -2.11. The molecule has 0 saturated heterocycles. The lowest BCUT2D eigenvalue weighted by atomic mass is 9.91. The molecular weight excluding hydrogens is 248 g/mol. The Bertz CT molecular complexity index is 408. The zero-order valence-corrected chi connectivity index (χ0v) is 11.4. The molecule has 0 aromatic heterocycles. The van der Waals surface area contributed by atoms with Gasteiger partial charge in [-0.15, -0.1) is 0 Å². The average molecular weight is 268 g/mol. The number of rotatable bonds is 8. The molecule has 1 N–H and O–H groups in total. The molecule has 1 atom stereocenters. The molecule has 0 spiro atoms. The minimum absolute atomic E-state index is 0.0175. The summed E-state index contributed by atoms with van der Waals surface area (Å²) in [5, 5.41) is 8.75. The molecule has 0 fully saturated rings. The number of carboxylic acid groups (broad SMARTS) is 1. The van der Waals surface area contributed by atoms with Crippen LogP contribution < -0.4 is 0 Å². The fraction of sp³-hybridized carbons (Fsp3) is 0.643. The van der Waals surface area contributed by atoms with Crippen molar-refractivity contribution < 1.29 is 24.2 Å². The van der Waals surface area contributed by atoms with Crippen molar-refractivity contribution in [2.75, 3.05) is 0 Å². The number of esters is 2. The van der Waals surface area contributed by atoms with Gasteiger partial charge in [0.15, 0.2) is 0 Å². The molecule has 0 aromatic rings. The summed E-state index contributed by atoms with van der Waals surface area (Å²) in [4.78, 5) is 33.6. The van der Waals surface area contributed by atoms with Gasteiger partial charge in [-0.05, 0) is 18.8 Å². The van der Waals surface area contributed by atoms with E-state index in [1.54, 1.807) is 0 Å². The molecule has 1 aliphatic heterocycles. The standard InChI is InChI=1S/C14H20O5/c1-3-5-9(4-2)6-7-10-11(8-12(15)16)14(18)19-13(10)17/h9H,3-8H2,1-2H3,(H,15,16). The molecule has 106 valence electrons. The van der Waals surface area contributed by atoms with Gasteiger partial charge in [-0.2, -0.15) is 0 Å². The van der Waals surface area contributed by atoms with E-state index in [9.17, 15) is 14.4 Å². The van der Waals surface area contributed by atoms with Gasteiger partial charge >= 0.3 is 17.9 Å². The molecule has 1 aliphatic rings. The number of aliphatic carboxylic acids is 1. The number of carbonyl (C=O) groups is 3. The lowest BCUT2D eigenvalue weighted by Gasteiger charge is -2.13. The van der Waals surface area contributed by atoms with Gasteiger partial charge in [-0.1, -0.05) is 33.1 Å². The van der Waals surface area contributed by atoms with E-state index in [0.717, 1.165) is 25.7 Å². The van der Waals surface area contributed by atoms with E-state index in [4.69, 9.17) is 5.11 Å². The van der Waals surface area contributed by atoms with E-state index in [0.29, 0.717) is 12.3 Å². The molecule has 5 nitrogen and oxygen atoms in total. The molecule has 0 aromatic carbocycles. The van der Waals surface area contributed by atoms with Gasteiger partial charge in [0.2, 0.25) is 0 Å². The van der Waals surface area contributed by atoms with Crippen molar-refractivity contribution >= 4 is 17.9 Å². The highest BCUT2D eigenvalue weighted by Crippen LogP contribution is 2.27. The summed E-state index contributed by atoms with van der Waals surface area (Å²) in [6.07, 6.45) is 3.92. The van der Waals surface area contributed by atoms with Gasteiger partial charge in [-0.3, -0.25) is 4.79 Å². The lowest BCUT2D eigenvalue weighted by Crippen LogP contribution is -2.06. The predicted molar refractivity (Wildman–Crippen MR) is 68.3 cm³/mol. The second-order valence-corrected chi connectivity index (χ2v) is 4.81. The maximum Gasteiger partial charge on any atom is 0.343 e. The highest BCUT2D eigenvalue weighted by molar-refractivity contribution is 6.13. The Morgan fingerprint density at radius 3 is 2.32 bits per heavy atom. The van der Waals surface area contributed by atoms with Crippen LogP contribution in [0.25, 0.3) is 0 Å². The summed E-state index contributed by atoms with van der Waals surface area (Å²) in [5.41, 5.74) is 0.269. The molecule has 5 heteroatoms. The Balaban J connectivity index is 2.75. The summed E-state index contributed by atoms with van der Waals surface area (Å²) in [7, 11) is 0. The third-order valence-electron chi connectivity index (χ3n) is 3.45. The fourth-order valence-electron chi connectivity index (χ4n) is 2.35. The first-order valence-corrected chi connectivity index (χ1v) is 6.69. The van der Waals surface area contributed by atoms with Crippen molar-refractivity contribution in [2.45, 2.75) is 52.4 Å². The van der Waals surface area contributed by atoms with E-state index in [-0.39, 0.29) is 11.1 Å². The van der Waals surface area contributed by atoms with Gasteiger partial charge in [0, 0.05) is 5.57 Å². The maximum absolute atomic E-state index is 11.5. The van der Waals surface area contributed by atoms with Crippen molar-refractivity contribution in [3.05, 3.63) is 11.1 Å². The minimum Gasteiger partial charge on any atom is -0.481 e. The Labute approximate surface area is 112 Å². The Kier molecular flexibility index (Phi) is 5.73. The van der Waals surface area contributed by atoms with Crippen molar-refractivity contribution in [1.82, 2.24) is 0 Å². The lowest BCUT2D eigenvalue weighted by molar-refractivity contribution is -0.152. The van der Waals surface area contributed by atoms with Crippen molar-refractivity contribution in [3.8, 4) is 0 Å². The smallest absolute Gasteiger partial charge is 0.343 e. The quantitative estimate of drug-likeness (QED) is 0.540. The number of hydrogen-bond acceptors (Lipinski definition) is 4. The molecule has 0 saturated carbocycles. The van der Waals surface area contributed by atoms with Crippen LogP contribution in [0.2, 0.25) is 0 Å². The van der Waals surface area contributed by atoms with E-state index >= 15 is 0 Å². The number of hydrogen-bond donors (Lipinski definition) is 1. The van der Waals surface area contributed by atoms with Crippen LogP contribution in [0.4, 0.5) is 0 Å². The Hall–Kier alpha value is -1.65. The van der Waals surface area contributed by atoms with E-state index in [2.05, 4.69) is 18.6 Å². The van der Waals surface area contributed by atoms with Crippen LogP contribution in [0.15, 0.2) is 11.1 Å². The third kappa shape index (κ3) is 4.19. The highest BCUT2D eigenvalue weighted by Gasteiger charge is 2.33. The van der Waals surface area contributed by atoms with Gasteiger partial charge in [-0.25, -0.2) is 9.59 Å². The van der Waals surface area contributed by atoms with Crippen LogP contribution in [-0.2, 0) is 19.1 Å². The Morgan fingerprint density at radius 2 is 1.79 bits per heavy atom. The van der Waals surface area contributed by atoms with Crippen molar-refractivity contribution in [1.29, 1.82) is 0 Å². The molecule has 19 heavy (non-hydrogen) atoms. The van der Waals surface area contributed by atoms with Gasteiger partial charge in [0.25, 0.3) is 0 Å². The first-order chi connectivity index (χ1) is 8.99.